The molecule has 0 heterocycles. The fourth-order valence-electron chi connectivity index (χ4n) is 3.40. The predicted octanol–water partition coefficient (Wildman–Crippen LogP) is 5.41. The van der Waals surface area contributed by atoms with E-state index in [2.05, 4.69) is 10.5 Å². The molecule has 0 spiro atoms. The molecule has 1 amide bonds. The van der Waals surface area contributed by atoms with E-state index < -0.39 is 0 Å². The van der Waals surface area contributed by atoms with Gasteiger partial charge in [0.1, 0.15) is 12.4 Å². The van der Waals surface area contributed by atoms with Gasteiger partial charge in [0.25, 0.3) is 5.91 Å². The van der Waals surface area contributed by atoms with Crippen molar-refractivity contribution in [2.45, 2.75) is 6.61 Å². The number of carbonyl (C=O) groups is 1. The summed E-state index contributed by atoms with van der Waals surface area (Å²) in [5.74, 6) is 0.729. The van der Waals surface area contributed by atoms with Crippen LogP contribution in [0.1, 0.15) is 21.5 Å². The summed E-state index contributed by atoms with van der Waals surface area (Å²) in [4.78, 5) is 12.4. The Kier molecular flexibility index (Phi) is 7.20. The summed E-state index contributed by atoms with van der Waals surface area (Å²) in [5, 5.41) is 14.0. The maximum Gasteiger partial charge on any atom is 0.271 e. The second-order valence-corrected chi connectivity index (χ2v) is 7.45. The van der Waals surface area contributed by atoms with Gasteiger partial charge < -0.3 is 14.6 Å². The van der Waals surface area contributed by atoms with E-state index >= 15 is 0 Å². The highest BCUT2D eigenvalue weighted by Gasteiger charge is 2.08. The van der Waals surface area contributed by atoms with E-state index in [1.165, 1.54) is 13.3 Å². The summed E-state index contributed by atoms with van der Waals surface area (Å²) >= 11 is 0. The molecule has 0 saturated heterocycles. The Morgan fingerprint density at radius 1 is 0.882 bits per heavy atom. The van der Waals surface area contributed by atoms with Crippen LogP contribution in [0, 0.1) is 0 Å². The van der Waals surface area contributed by atoms with Gasteiger partial charge >= 0.3 is 0 Å². The number of phenolic OH excluding ortho intramolecular Hbond substituents is 1. The van der Waals surface area contributed by atoms with Crippen molar-refractivity contribution < 1.29 is 19.4 Å². The molecule has 0 aliphatic heterocycles. The third-order valence-electron chi connectivity index (χ3n) is 5.20. The van der Waals surface area contributed by atoms with Crippen LogP contribution in [-0.4, -0.2) is 24.3 Å². The van der Waals surface area contributed by atoms with Gasteiger partial charge in [0.2, 0.25) is 0 Å². The Morgan fingerprint density at radius 3 is 2.35 bits per heavy atom. The number of carbonyl (C=O) groups excluding carboxylic acids is 1. The molecular formula is C28H24N2O4. The first-order valence-corrected chi connectivity index (χ1v) is 10.7. The second kappa shape index (κ2) is 10.8. The van der Waals surface area contributed by atoms with Crippen LogP contribution < -0.4 is 14.9 Å². The molecule has 0 aliphatic rings. The Labute approximate surface area is 198 Å². The lowest BCUT2D eigenvalue weighted by molar-refractivity contribution is 0.0955. The van der Waals surface area contributed by atoms with E-state index in [0.29, 0.717) is 23.5 Å². The maximum atomic E-state index is 12.4. The lowest BCUT2D eigenvalue weighted by Crippen LogP contribution is -2.17. The number of aromatic hydroxyl groups is 1. The molecule has 0 atom stereocenters. The summed E-state index contributed by atoms with van der Waals surface area (Å²) in [6.07, 6.45) is 1.36. The molecule has 0 radical (unpaired) electrons. The molecule has 0 aliphatic carbocycles. The van der Waals surface area contributed by atoms with Gasteiger partial charge in [0, 0.05) is 16.7 Å². The molecule has 170 valence electrons. The normalized spacial score (nSPS) is 10.7. The molecule has 6 heteroatoms. The van der Waals surface area contributed by atoms with Crippen molar-refractivity contribution in [3.05, 3.63) is 114 Å². The topological polar surface area (TPSA) is 80.2 Å². The van der Waals surface area contributed by atoms with Crippen LogP contribution in [0.25, 0.3) is 11.1 Å². The van der Waals surface area contributed by atoms with Crippen LogP contribution in [0.4, 0.5) is 0 Å². The van der Waals surface area contributed by atoms with E-state index in [1.54, 1.807) is 30.3 Å². The highest BCUT2D eigenvalue weighted by atomic mass is 16.5. The molecule has 4 aromatic carbocycles. The molecule has 6 nitrogen and oxygen atoms in total. The fraction of sp³-hybridized carbons (Fsp3) is 0.0714. The number of amides is 1. The summed E-state index contributed by atoms with van der Waals surface area (Å²) < 4.78 is 11.1. The largest absolute Gasteiger partial charge is 0.504 e. The van der Waals surface area contributed by atoms with Crippen molar-refractivity contribution >= 4 is 12.1 Å². The average molecular weight is 453 g/mol. The lowest BCUT2D eigenvalue weighted by atomic mass is 10.0. The van der Waals surface area contributed by atoms with Crippen LogP contribution in [0.15, 0.2) is 102 Å². The van der Waals surface area contributed by atoms with Crippen molar-refractivity contribution in [1.82, 2.24) is 5.43 Å². The minimum Gasteiger partial charge on any atom is -0.504 e. The van der Waals surface area contributed by atoms with Crippen LogP contribution in [0.3, 0.4) is 0 Å². The zero-order valence-electron chi connectivity index (χ0n) is 18.6. The van der Waals surface area contributed by atoms with Gasteiger partial charge in [0.05, 0.1) is 13.3 Å². The summed E-state index contributed by atoms with van der Waals surface area (Å²) in [5.41, 5.74) is 6.41. The van der Waals surface area contributed by atoms with Gasteiger partial charge in [-0.05, 0) is 41.5 Å². The number of benzene rings is 4. The monoisotopic (exact) mass is 452 g/mol. The number of hydrazone groups is 1. The maximum absolute atomic E-state index is 12.4. The molecule has 0 fully saturated rings. The fourth-order valence-corrected chi connectivity index (χ4v) is 3.40. The molecular weight excluding hydrogens is 428 g/mol. The predicted molar refractivity (Wildman–Crippen MR) is 132 cm³/mol. The van der Waals surface area contributed by atoms with Crippen molar-refractivity contribution in [3.8, 4) is 28.4 Å². The molecule has 0 unspecified atom stereocenters. The summed E-state index contributed by atoms with van der Waals surface area (Å²) in [7, 11) is 1.47. The molecule has 34 heavy (non-hydrogen) atoms. The highest BCUT2D eigenvalue weighted by molar-refractivity contribution is 5.95. The number of methoxy groups -OCH3 is 1. The highest BCUT2D eigenvalue weighted by Crippen LogP contribution is 2.30. The third-order valence-corrected chi connectivity index (χ3v) is 5.20. The number of hydrogen-bond acceptors (Lipinski definition) is 5. The Morgan fingerprint density at radius 2 is 1.59 bits per heavy atom. The SMILES string of the molecule is COc1cccc(C=NNC(=O)c2ccc(COc3ccccc3-c3ccccc3)cc2)c1O. The lowest BCUT2D eigenvalue weighted by Gasteiger charge is -2.12. The molecule has 2 N–H and O–H groups in total. The molecule has 0 saturated carbocycles. The van der Waals surface area contributed by atoms with Gasteiger partial charge in [-0.15, -0.1) is 0 Å². The van der Waals surface area contributed by atoms with Gasteiger partial charge in [-0.2, -0.15) is 5.10 Å². The van der Waals surface area contributed by atoms with Gasteiger partial charge in [-0.1, -0.05) is 66.7 Å². The van der Waals surface area contributed by atoms with Crippen LogP contribution in [-0.2, 0) is 6.61 Å². The average Bonchev–Trinajstić information content (AvgIpc) is 2.89. The van der Waals surface area contributed by atoms with Crippen LogP contribution >= 0.6 is 0 Å². The van der Waals surface area contributed by atoms with Crippen LogP contribution in [0.2, 0.25) is 0 Å². The van der Waals surface area contributed by atoms with E-state index in [0.717, 1.165) is 22.4 Å². The van der Waals surface area contributed by atoms with E-state index in [1.807, 2.05) is 66.7 Å². The smallest absolute Gasteiger partial charge is 0.271 e. The number of rotatable bonds is 8. The van der Waals surface area contributed by atoms with E-state index in [-0.39, 0.29) is 11.7 Å². The first-order valence-electron chi connectivity index (χ1n) is 10.7. The molecule has 4 rings (SSSR count). The van der Waals surface area contributed by atoms with E-state index in [4.69, 9.17) is 9.47 Å². The first-order chi connectivity index (χ1) is 16.7. The zero-order valence-corrected chi connectivity index (χ0v) is 18.6. The standard InChI is InChI=1S/C28H24N2O4/c1-33-26-13-7-10-23(27(26)31)18-29-30-28(32)22-16-14-20(15-17-22)19-34-25-12-6-5-11-24(25)21-8-3-2-4-9-21/h2-18,31H,19H2,1H3,(H,30,32). The van der Waals surface area contributed by atoms with Crippen molar-refractivity contribution in [3.63, 3.8) is 0 Å². The van der Waals surface area contributed by atoms with Crippen LogP contribution in [0.5, 0.6) is 17.2 Å². The van der Waals surface area contributed by atoms with E-state index in [9.17, 15) is 9.90 Å². The van der Waals surface area contributed by atoms with Crippen molar-refractivity contribution in [2.75, 3.05) is 7.11 Å². The Balaban J connectivity index is 1.36. The third kappa shape index (κ3) is 5.42. The number of hydrogen-bond donors (Lipinski definition) is 2. The number of phenols is 1. The quantitative estimate of drug-likeness (QED) is 0.277. The number of para-hydroxylation sites is 2. The summed E-state index contributed by atoms with van der Waals surface area (Å²) in [6, 6.07) is 30.1. The number of ether oxygens (including phenoxy) is 2. The first kappa shape index (κ1) is 22.6. The van der Waals surface area contributed by atoms with Crippen molar-refractivity contribution in [2.24, 2.45) is 5.10 Å². The van der Waals surface area contributed by atoms with Gasteiger partial charge in [0.15, 0.2) is 11.5 Å². The number of nitrogens with zero attached hydrogens (tertiary/aromatic N) is 1. The number of nitrogens with one attached hydrogen (secondary N) is 1. The van der Waals surface area contributed by atoms with Crippen molar-refractivity contribution in [1.29, 1.82) is 0 Å². The Hall–Kier alpha value is -4.58. The molecule has 0 bridgehead atoms. The van der Waals surface area contributed by atoms with Gasteiger partial charge in [-0.3, -0.25) is 4.79 Å². The summed E-state index contributed by atoms with van der Waals surface area (Å²) in [6.45, 7) is 0.374. The Bertz CT molecular complexity index is 1290. The minimum absolute atomic E-state index is 0.0406. The second-order valence-electron chi connectivity index (χ2n) is 7.45. The zero-order chi connectivity index (χ0) is 23.8. The molecule has 4 aromatic rings. The molecule has 0 aromatic heterocycles. The minimum atomic E-state index is -0.361. The van der Waals surface area contributed by atoms with Gasteiger partial charge in [-0.25, -0.2) is 5.43 Å².